The van der Waals surface area contributed by atoms with E-state index >= 15 is 0 Å². The highest BCUT2D eigenvalue weighted by atomic mass is 15.2. The number of nitrogens with zero attached hydrogens (tertiary/aromatic N) is 4. The Kier molecular flexibility index (Phi) is 6.89. The molecule has 0 aliphatic heterocycles. The first-order chi connectivity index (χ1) is 13.7. The SMILES string of the molecule is CCNC(=NCc1cccnc1N(C)C)NCCCn1ccc2ccccc21. The molecule has 0 atom stereocenters. The summed E-state index contributed by atoms with van der Waals surface area (Å²) in [5.74, 6) is 1.80. The highest BCUT2D eigenvalue weighted by Gasteiger charge is 2.05. The van der Waals surface area contributed by atoms with Crippen molar-refractivity contribution in [3.05, 3.63) is 60.4 Å². The van der Waals surface area contributed by atoms with E-state index in [0.29, 0.717) is 6.54 Å². The molecule has 1 aromatic carbocycles. The summed E-state index contributed by atoms with van der Waals surface area (Å²) in [7, 11) is 4.01. The third kappa shape index (κ3) is 5.03. The molecule has 3 aromatic rings. The van der Waals surface area contributed by atoms with Crippen molar-refractivity contribution in [2.24, 2.45) is 4.99 Å². The number of hydrogen-bond donors (Lipinski definition) is 2. The van der Waals surface area contributed by atoms with E-state index in [0.717, 1.165) is 43.4 Å². The van der Waals surface area contributed by atoms with Gasteiger partial charge in [-0.2, -0.15) is 0 Å². The summed E-state index contributed by atoms with van der Waals surface area (Å²) in [6.45, 7) is 5.36. The van der Waals surface area contributed by atoms with Crippen LogP contribution in [-0.4, -0.2) is 42.7 Å². The summed E-state index contributed by atoms with van der Waals surface area (Å²) in [5.41, 5.74) is 2.40. The monoisotopic (exact) mass is 378 g/mol. The molecule has 2 N–H and O–H groups in total. The number of nitrogens with one attached hydrogen (secondary N) is 2. The summed E-state index contributed by atoms with van der Waals surface area (Å²) >= 11 is 0. The van der Waals surface area contributed by atoms with Gasteiger partial charge in [-0.05, 0) is 36.9 Å². The first kappa shape index (κ1) is 19.7. The van der Waals surface area contributed by atoms with Gasteiger partial charge >= 0.3 is 0 Å². The van der Waals surface area contributed by atoms with Crippen molar-refractivity contribution in [2.45, 2.75) is 26.4 Å². The van der Waals surface area contributed by atoms with Crippen LogP contribution in [0.4, 0.5) is 5.82 Å². The van der Waals surface area contributed by atoms with E-state index in [-0.39, 0.29) is 0 Å². The molecule has 3 rings (SSSR count). The van der Waals surface area contributed by atoms with Crippen LogP contribution >= 0.6 is 0 Å². The zero-order chi connectivity index (χ0) is 19.8. The van der Waals surface area contributed by atoms with E-state index in [9.17, 15) is 0 Å². The third-order valence-electron chi connectivity index (χ3n) is 4.59. The molecule has 2 aromatic heterocycles. The molecule has 0 unspecified atom stereocenters. The van der Waals surface area contributed by atoms with Crippen molar-refractivity contribution in [1.82, 2.24) is 20.2 Å². The second-order valence-electron chi connectivity index (χ2n) is 6.92. The van der Waals surface area contributed by atoms with Gasteiger partial charge in [0, 0.05) is 57.2 Å². The standard InChI is InChI=1S/C22H30N6/c1-4-23-22(26-17-19-10-7-13-24-21(19)27(2)3)25-14-8-15-28-16-12-18-9-5-6-11-20(18)28/h5-7,9-13,16H,4,8,14-15,17H2,1-3H3,(H2,23,25,26). The largest absolute Gasteiger partial charge is 0.362 e. The molecule has 0 saturated heterocycles. The molecule has 6 heteroatoms. The quantitative estimate of drug-likeness (QED) is 0.359. The number of aromatic nitrogens is 2. The van der Waals surface area contributed by atoms with Crippen molar-refractivity contribution in [3.8, 4) is 0 Å². The molecule has 0 bridgehead atoms. The van der Waals surface area contributed by atoms with Gasteiger partial charge < -0.3 is 20.1 Å². The minimum Gasteiger partial charge on any atom is -0.362 e. The van der Waals surface area contributed by atoms with Crippen LogP contribution in [0.3, 0.4) is 0 Å². The van der Waals surface area contributed by atoms with Crippen LogP contribution in [0.25, 0.3) is 10.9 Å². The Bertz CT molecular complexity index is 912. The van der Waals surface area contributed by atoms with E-state index in [1.54, 1.807) is 0 Å². The number of aliphatic imine (C=N–C) groups is 1. The van der Waals surface area contributed by atoms with Gasteiger partial charge in [-0.3, -0.25) is 0 Å². The number of rotatable bonds is 8. The first-order valence-electron chi connectivity index (χ1n) is 9.86. The number of pyridine rings is 1. The molecule has 0 amide bonds. The maximum Gasteiger partial charge on any atom is 0.191 e. The number of guanidine groups is 1. The number of anilines is 1. The Balaban J connectivity index is 1.55. The first-order valence-corrected chi connectivity index (χ1v) is 9.86. The minimum atomic E-state index is 0.596. The van der Waals surface area contributed by atoms with Crippen LogP contribution in [-0.2, 0) is 13.1 Å². The van der Waals surface area contributed by atoms with E-state index in [2.05, 4.69) is 69.7 Å². The van der Waals surface area contributed by atoms with E-state index < -0.39 is 0 Å². The average Bonchev–Trinajstić information content (AvgIpc) is 3.12. The van der Waals surface area contributed by atoms with E-state index in [1.807, 2.05) is 31.3 Å². The van der Waals surface area contributed by atoms with Crippen LogP contribution in [0, 0.1) is 0 Å². The lowest BCUT2D eigenvalue weighted by atomic mass is 10.2. The predicted octanol–water partition coefficient (Wildman–Crippen LogP) is 3.25. The lowest BCUT2D eigenvalue weighted by molar-refractivity contribution is 0.641. The average molecular weight is 379 g/mol. The van der Waals surface area contributed by atoms with Gasteiger partial charge in [0.25, 0.3) is 0 Å². The van der Waals surface area contributed by atoms with Crippen LogP contribution < -0.4 is 15.5 Å². The topological polar surface area (TPSA) is 57.5 Å². The Morgan fingerprint density at radius 2 is 1.96 bits per heavy atom. The summed E-state index contributed by atoms with van der Waals surface area (Å²) in [4.78, 5) is 11.2. The third-order valence-corrected chi connectivity index (χ3v) is 4.59. The van der Waals surface area contributed by atoms with Gasteiger partial charge in [-0.15, -0.1) is 0 Å². The molecular formula is C22H30N6. The fourth-order valence-corrected chi connectivity index (χ4v) is 3.25. The minimum absolute atomic E-state index is 0.596. The fraction of sp³-hybridized carbons (Fsp3) is 0.364. The maximum atomic E-state index is 4.73. The summed E-state index contributed by atoms with van der Waals surface area (Å²) in [5, 5.41) is 8.05. The lowest BCUT2D eigenvalue weighted by Gasteiger charge is -2.16. The van der Waals surface area contributed by atoms with Crippen molar-refractivity contribution in [1.29, 1.82) is 0 Å². The van der Waals surface area contributed by atoms with Crippen molar-refractivity contribution in [3.63, 3.8) is 0 Å². The number of benzene rings is 1. The molecule has 6 nitrogen and oxygen atoms in total. The molecule has 0 fully saturated rings. The number of fused-ring (bicyclic) bond motifs is 1. The second kappa shape index (κ2) is 9.78. The number of hydrogen-bond acceptors (Lipinski definition) is 3. The van der Waals surface area contributed by atoms with Crippen LogP contribution in [0.5, 0.6) is 0 Å². The van der Waals surface area contributed by atoms with Gasteiger partial charge in [-0.25, -0.2) is 9.98 Å². The van der Waals surface area contributed by atoms with Gasteiger partial charge in [0.2, 0.25) is 0 Å². The summed E-state index contributed by atoms with van der Waals surface area (Å²) < 4.78 is 2.31. The molecule has 0 aliphatic carbocycles. The predicted molar refractivity (Wildman–Crippen MR) is 118 cm³/mol. The lowest BCUT2D eigenvalue weighted by Crippen LogP contribution is -2.38. The van der Waals surface area contributed by atoms with Crippen LogP contribution in [0.15, 0.2) is 59.9 Å². The molecule has 0 spiro atoms. The Morgan fingerprint density at radius 1 is 1.11 bits per heavy atom. The molecule has 28 heavy (non-hydrogen) atoms. The maximum absolute atomic E-state index is 4.73. The molecule has 148 valence electrons. The zero-order valence-corrected chi connectivity index (χ0v) is 17.0. The van der Waals surface area contributed by atoms with E-state index in [4.69, 9.17) is 4.99 Å². The molecule has 0 radical (unpaired) electrons. The van der Waals surface area contributed by atoms with Gasteiger partial charge in [0.1, 0.15) is 5.82 Å². The fourth-order valence-electron chi connectivity index (χ4n) is 3.25. The molecule has 0 aliphatic rings. The smallest absolute Gasteiger partial charge is 0.191 e. The van der Waals surface area contributed by atoms with Crippen molar-refractivity contribution < 1.29 is 0 Å². The number of para-hydroxylation sites is 1. The summed E-state index contributed by atoms with van der Waals surface area (Å²) in [6, 6.07) is 14.7. The second-order valence-corrected chi connectivity index (χ2v) is 6.92. The van der Waals surface area contributed by atoms with Crippen LogP contribution in [0.2, 0.25) is 0 Å². The van der Waals surface area contributed by atoms with Crippen molar-refractivity contribution >= 4 is 22.7 Å². The summed E-state index contributed by atoms with van der Waals surface area (Å²) in [6.07, 6.45) is 5.00. The Hall–Kier alpha value is -3.02. The van der Waals surface area contributed by atoms with Crippen molar-refractivity contribution in [2.75, 3.05) is 32.1 Å². The van der Waals surface area contributed by atoms with Gasteiger partial charge in [0.15, 0.2) is 5.96 Å². The van der Waals surface area contributed by atoms with Crippen LogP contribution in [0.1, 0.15) is 18.9 Å². The normalized spacial score (nSPS) is 11.6. The molecular weight excluding hydrogens is 348 g/mol. The highest BCUT2D eigenvalue weighted by Crippen LogP contribution is 2.16. The van der Waals surface area contributed by atoms with Gasteiger partial charge in [-0.1, -0.05) is 24.3 Å². The zero-order valence-electron chi connectivity index (χ0n) is 17.0. The van der Waals surface area contributed by atoms with E-state index in [1.165, 1.54) is 10.9 Å². The Labute approximate surface area is 167 Å². The van der Waals surface area contributed by atoms with Gasteiger partial charge in [0.05, 0.1) is 6.54 Å². The Morgan fingerprint density at radius 3 is 2.79 bits per heavy atom. The highest BCUT2D eigenvalue weighted by molar-refractivity contribution is 5.80. The molecule has 0 saturated carbocycles. The number of aryl methyl sites for hydroxylation is 1. The molecule has 2 heterocycles.